The second-order valence-electron chi connectivity index (χ2n) is 8.37. The summed E-state index contributed by atoms with van der Waals surface area (Å²) >= 11 is 3.39. The number of amides is 1. The Morgan fingerprint density at radius 2 is 1.97 bits per heavy atom. The zero-order valence-electron chi connectivity index (χ0n) is 17.5. The Balaban J connectivity index is 1.48. The quantitative estimate of drug-likeness (QED) is 0.444. The van der Waals surface area contributed by atoms with E-state index in [1.165, 1.54) is 23.2 Å². The monoisotopic (exact) mass is 511 g/mol. The summed E-state index contributed by atoms with van der Waals surface area (Å²) in [6.45, 7) is 1.66. The number of fused-ring (bicyclic) bond motifs is 4. The molecular formula is C23H19BrFN5O3. The van der Waals surface area contributed by atoms with Crippen molar-refractivity contribution in [1.82, 2.24) is 19.4 Å². The molecule has 0 bridgehead atoms. The van der Waals surface area contributed by atoms with Gasteiger partial charge in [0.25, 0.3) is 11.5 Å². The number of anilines is 1. The highest BCUT2D eigenvalue weighted by Gasteiger charge is 2.30. The van der Waals surface area contributed by atoms with Crippen LogP contribution in [0.15, 0.2) is 39.9 Å². The fraction of sp³-hybridized carbons (Fsp3) is 0.304. The molecule has 5 heterocycles. The van der Waals surface area contributed by atoms with Crippen molar-refractivity contribution in [2.24, 2.45) is 0 Å². The van der Waals surface area contributed by atoms with Crippen LogP contribution < -0.4 is 10.5 Å². The Hall–Kier alpha value is -3.11. The highest BCUT2D eigenvalue weighted by molar-refractivity contribution is 9.10. The van der Waals surface area contributed by atoms with Crippen LogP contribution in [0.5, 0.6) is 0 Å². The van der Waals surface area contributed by atoms with Crippen LogP contribution in [0.3, 0.4) is 0 Å². The summed E-state index contributed by atoms with van der Waals surface area (Å²) in [5.41, 5.74) is 1.69. The minimum atomic E-state index is -0.655. The number of carbonyl (C=O) groups is 1. The molecule has 33 heavy (non-hydrogen) atoms. The summed E-state index contributed by atoms with van der Waals surface area (Å²) in [4.78, 5) is 39.1. The lowest BCUT2D eigenvalue weighted by Crippen LogP contribution is -2.30. The summed E-state index contributed by atoms with van der Waals surface area (Å²) in [6.07, 6.45) is 5.34. The number of H-pyrrole nitrogens is 1. The van der Waals surface area contributed by atoms with Crippen LogP contribution in [0, 0.1) is 5.82 Å². The van der Waals surface area contributed by atoms with Crippen molar-refractivity contribution in [3.05, 3.63) is 68.2 Å². The topological polar surface area (TPSA) is 92.6 Å². The van der Waals surface area contributed by atoms with Crippen molar-refractivity contribution >= 4 is 44.2 Å². The first kappa shape index (κ1) is 20.5. The Labute approximate surface area is 195 Å². The zero-order chi connectivity index (χ0) is 22.7. The molecule has 0 radical (unpaired) electrons. The normalized spacial score (nSPS) is 16.6. The largest absolute Gasteiger partial charge is 0.381 e. The van der Waals surface area contributed by atoms with Crippen LogP contribution in [0.25, 0.3) is 16.6 Å². The number of nitrogens with one attached hydrogen (secondary N) is 1. The third-order valence-corrected chi connectivity index (χ3v) is 6.86. The second kappa shape index (κ2) is 7.74. The molecule has 8 nitrogen and oxygen atoms in total. The molecule has 1 saturated heterocycles. The van der Waals surface area contributed by atoms with Gasteiger partial charge in [-0.05, 0) is 52.9 Å². The third kappa shape index (κ3) is 3.27. The molecule has 0 spiro atoms. The van der Waals surface area contributed by atoms with Crippen molar-refractivity contribution in [2.75, 3.05) is 24.7 Å². The van der Waals surface area contributed by atoms with Gasteiger partial charge in [0.05, 0.1) is 22.8 Å². The van der Waals surface area contributed by atoms with Crippen molar-refractivity contribution in [3.63, 3.8) is 0 Å². The maximum absolute atomic E-state index is 15.4. The number of pyridine rings is 1. The van der Waals surface area contributed by atoms with Crippen LogP contribution in [-0.2, 0) is 11.2 Å². The SMILES string of the molecule is O=C(c1cc2[nH]c(=O)c3cnc(C4CCOCC4)n3c2cc1F)N1CCc2cc(Br)cnc21. The summed E-state index contributed by atoms with van der Waals surface area (Å²) in [6, 6.07) is 4.64. The number of halogens is 2. The van der Waals surface area contributed by atoms with Crippen molar-refractivity contribution in [1.29, 1.82) is 0 Å². The number of rotatable bonds is 2. The van der Waals surface area contributed by atoms with Crippen molar-refractivity contribution in [2.45, 2.75) is 25.2 Å². The molecule has 0 aliphatic carbocycles. The molecule has 0 unspecified atom stereocenters. The number of aromatic amines is 1. The van der Waals surface area contributed by atoms with E-state index in [0.29, 0.717) is 54.4 Å². The molecule has 1 fully saturated rings. The molecule has 168 valence electrons. The van der Waals surface area contributed by atoms with E-state index in [-0.39, 0.29) is 17.0 Å². The number of aromatic nitrogens is 4. The standard InChI is InChI=1S/C23H19BrFN5O3/c24-14-7-13-1-4-29(20(13)26-10-14)23(32)15-8-17-18(9-16(15)25)30-19(22(31)28-17)11-27-21(30)12-2-5-33-6-3-12/h7-12H,1-6H2,(H,28,31). The van der Waals surface area contributed by atoms with Gasteiger partial charge in [-0.1, -0.05) is 0 Å². The molecule has 0 saturated carbocycles. The fourth-order valence-electron chi connectivity index (χ4n) is 4.80. The van der Waals surface area contributed by atoms with Gasteiger partial charge in [0, 0.05) is 42.4 Å². The highest BCUT2D eigenvalue weighted by Crippen LogP contribution is 2.31. The first-order chi connectivity index (χ1) is 16.0. The first-order valence-corrected chi connectivity index (χ1v) is 11.6. The maximum Gasteiger partial charge on any atom is 0.274 e. The Kier molecular flexibility index (Phi) is 4.81. The molecule has 6 rings (SSSR count). The predicted molar refractivity (Wildman–Crippen MR) is 123 cm³/mol. The number of hydrogen-bond donors (Lipinski definition) is 1. The van der Waals surface area contributed by atoms with Crippen LogP contribution in [0.4, 0.5) is 10.2 Å². The number of hydrogen-bond acceptors (Lipinski definition) is 5. The van der Waals surface area contributed by atoms with Gasteiger partial charge in [-0.15, -0.1) is 0 Å². The van der Waals surface area contributed by atoms with E-state index in [2.05, 4.69) is 30.9 Å². The molecule has 10 heteroatoms. The van der Waals surface area contributed by atoms with Crippen LogP contribution >= 0.6 is 15.9 Å². The van der Waals surface area contributed by atoms with E-state index in [1.807, 2.05) is 6.07 Å². The fourth-order valence-corrected chi connectivity index (χ4v) is 5.18. The molecule has 1 amide bonds. The van der Waals surface area contributed by atoms with Gasteiger partial charge in [-0.2, -0.15) is 0 Å². The van der Waals surface area contributed by atoms with Gasteiger partial charge in [0.2, 0.25) is 0 Å². The number of carbonyl (C=O) groups excluding carboxylic acids is 1. The van der Waals surface area contributed by atoms with Gasteiger partial charge >= 0.3 is 0 Å². The van der Waals surface area contributed by atoms with Crippen LogP contribution in [-0.4, -0.2) is 45.0 Å². The second-order valence-corrected chi connectivity index (χ2v) is 9.29. The lowest BCUT2D eigenvalue weighted by atomic mass is 9.99. The van der Waals surface area contributed by atoms with E-state index in [0.717, 1.165) is 22.9 Å². The minimum absolute atomic E-state index is 0.109. The molecule has 2 aliphatic heterocycles. The van der Waals surface area contributed by atoms with Gasteiger partial charge in [0.1, 0.15) is 23.0 Å². The smallest absolute Gasteiger partial charge is 0.274 e. The molecule has 1 aromatic carbocycles. The third-order valence-electron chi connectivity index (χ3n) is 6.43. The number of benzene rings is 1. The molecule has 4 aromatic rings. The first-order valence-electron chi connectivity index (χ1n) is 10.8. The van der Waals surface area contributed by atoms with Gasteiger partial charge in [0.15, 0.2) is 0 Å². The van der Waals surface area contributed by atoms with E-state index in [1.54, 1.807) is 10.6 Å². The Morgan fingerprint density at radius 1 is 1.15 bits per heavy atom. The zero-order valence-corrected chi connectivity index (χ0v) is 19.1. The Morgan fingerprint density at radius 3 is 2.79 bits per heavy atom. The lowest BCUT2D eigenvalue weighted by molar-refractivity contribution is 0.0835. The summed E-state index contributed by atoms with van der Waals surface area (Å²) < 4.78 is 23.3. The van der Waals surface area contributed by atoms with Crippen LogP contribution in [0.2, 0.25) is 0 Å². The van der Waals surface area contributed by atoms with E-state index >= 15 is 4.39 Å². The highest BCUT2D eigenvalue weighted by atomic mass is 79.9. The van der Waals surface area contributed by atoms with Gasteiger partial charge in [-0.25, -0.2) is 14.4 Å². The number of nitrogens with zero attached hydrogens (tertiary/aromatic N) is 4. The van der Waals surface area contributed by atoms with E-state index in [9.17, 15) is 9.59 Å². The predicted octanol–water partition coefficient (Wildman–Crippen LogP) is 3.57. The lowest BCUT2D eigenvalue weighted by Gasteiger charge is -2.21. The summed E-state index contributed by atoms with van der Waals surface area (Å²) in [5, 5.41) is 0. The molecule has 2 aliphatic rings. The molecule has 0 atom stereocenters. The number of imidazole rings is 1. The van der Waals surface area contributed by atoms with Gasteiger partial charge < -0.3 is 9.72 Å². The van der Waals surface area contributed by atoms with E-state index < -0.39 is 11.7 Å². The molecule has 1 N–H and O–H groups in total. The average molecular weight is 512 g/mol. The number of ether oxygens (including phenoxy) is 1. The van der Waals surface area contributed by atoms with Gasteiger partial charge in [-0.3, -0.25) is 18.9 Å². The van der Waals surface area contributed by atoms with Crippen molar-refractivity contribution in [3.8, 4) is 0 Å². The summed E-state index contributed by atoms with van der Waals surface area (Å²) in [7, 11) is 0. The molecule has 3 aromatic heterocycles. The Bertz CT molecular complexity index is 1490. The maximum atomic E-state index is 15.4. The summed E-state index contributed by atoms with van der Waals surface area (Å²) in [5.74, 6) is 0.216. The van der Waals surface area contributed by atoms with E-state index in [4.69, 9.17) is 4.74 Å². The minimum Gasteiger partial charge on any atom is -0.381 e. The average Bonchev–Trinajstić information content (AvgIpc) is 3.44. The van der Waals surface area contributed by atoms with Crippen molar-refractivity contribution < 1.29 is 13.9 Å². The molecular weight excluding hydrogens is 493 g/mol. The van der Waals surface area contributed by atoms with Crippen LogP contribution in [0.1, 0.15) is 40.5 Å².